The van der Waals surface area contributed by atoms with Crippen molar-refractivity contribution >= 4 is 15.9 Å². The van der Waals surface area contributed by atoms with Crippen LogP contribution in [0.1, 0.15) is 5.69 Å². The van der Waals surface area contributed by atoms with Crippen LogP contribution in [0.5, 0.6) is 0 Å². The molecule has 0 fully saturated rings. The smallest absolute Gasteiger partial charge is 0.183 e. The minimum atomic E-state index is 0.267. The Bertz CT molecular complexity index is 516. The van der Waals surface area contributed by atoms with Gasteiger partial charge in [0.15, 0.2) is 11.5 Å². The molecule has 0 aliphatic carbocycles. The Hall–Kier alpha value is -1.80. The summed E-state index contributed by atoms with van der Waals surface area (Å²) >= 11 is 3.34. The van der Waals surface area contributed by atoms with Crippen molar-refractivity contribution in [3.05, 3.63) is 40.6 Å². The molecule has 1 aromatic heterocycles. The van der Waals surface area contributed by atoms with E-state index in [2.05, 4.69) is 31.1 Å². The molecule has 4 nitrogen and oxygen atoms in total. The lowest BCUT2D eigenvalue weighted by Crippen LogP contribution is -1.94. The van der Waals surface area contributed by atoms with Gasteiger partial charge in [-0.2, -0.15) is 10.4 Å². The molecule has 15 heavy (non-hydrogen) atoms. The summed E-state index contributed by atoms with van der Waals surface area (Å²) in [6.45, 7) is 0. The number of rotatable bonds is 1. The molecule has 0 radical (unpaired) electrons. The molecule has 1 aromatic carbocycles. The van der Waals surface area contributed by atoms with E-state index in [9.17, 15) is 0 Å². The first-order valence-electron chi connectivity index (χ1n) is 4.15. The van der Waals surface area contributed by atoms with Crippen molar-refractivity contribution in [3.8, 4) is 17.5 Å². The maximum atomic E-state index is 8.67. The van der Waals surface area contributed by atoms with E-state index in [0.717, 1.165) is 10.0 Å². The van der Waals surface area contributed by atoms with Crippen LogP contribution in [0.25, 0.3) is 11.4 Å². The number of halogens is 1. The largest absolute Gasteiger partial charge is 0.214 e. The Morgan fingerprint density at radius 3 is 2.60 bits per heavy atom. The summed E-state index contributed by atoms with van der Waals surface area (Å²) in [5.41, 5.74) is 1.10. The minimum Gasteiger partial charge on any atom is -0.214 e. The van der Waals surface area contributed by atoms with Crippen molar-refractivity contribution in [1.29, 1.82) is 5.26 Å². The normalized spacial score (nSPS) is 9.60. The Morgan fingerprint density at radius 1 is 1.20 bits per heavy atom. The Labute approximate surface area is 94.7 Å². The van der Waals surface area contributed by atoms with Crippen molar-refractivity contribution in [2.75, 3.05) is 0 Å². The molecule has 0 N–H and O–H groups in total. The molecular weight excluding hydrogens is 256 g/mol. The molecule has 0 atom stereocenters. The van der Waals surface area contributed by atoms with Crippen LogP contribution in [0.3, 0.4) is 0 Å². The molecule has 0 amide bonds. The van der Waals surface area contributed by atoms with E-state index in [1.54, 1.807) is 0 Å². The van der Waals surface area contributed by atoms with E-state index >= 15 is 0 Å². The first-order valence-corrected chi connectivity index (χ1v) is 4.94. The monoisotopic (exact) mass is 260 g/mol. The van der Waals surface area contributed by atoms with Gasteiger partial charge in [0.2, 0.25) is 0 Å². The molecule has 0 spiro atoms. The third-order valence-corrected chi connectivity index (χ3v) is 2.30. The van der Waals surface area contributed by atoms with E-state index in [-0.39, 0.29) is 5.69 Å². The lowest BCUT2D eigenvalue weighted by Gasteiger charge is -1.98. The maximum Gasteiger partial charge on any atom is 0.183 e. The summed E-state index contributed by atoms with van der Waals surface area (Å²) in [5, 5.41) is 16.2. The molecule has 0 saturated carbocycles. The zero-order valence-electron chi connectivity index (χ0n) is 7.55. The number of nitrogens with zero attached hydrogens (tertiary/aromatic N) is 4. The van der Waals surface area contributed by atoms with Crippen molar-refractivity contribution in [2.24, 2.45) is 0 Å². The zero-order chi connectivity index (χ0) is 10.7. The van der Waals surface area contributed by atoms with E-state index < -0.39 is 0 Å². The maximum absolute atomic E-state index is 8.67. The molecule has 5 heteroatoms. The first kappa shape index (κ1) is 9.74. The summed E-state index contributed by atoms with van der Waals surface area (Å²) in [6, 6.07) is 9.43. The average molecular weight is 261 g/mol. The number of benzene rings is 1. The van der Waals surface area contributed by atoms with Crippen LogP contribution in [0.4, 0.5) is 0 Å². The zero-order valence-corrected chi connectivity index (χ0v) is 9.14. The predicted molar refractivity (Wildman–Crippen MR) is 57.7 cm³/mol. The van der Waals surface area contributed by atoms with Gasteiger partial charge < -0.3 is 0 Å². The van der Waals surface area contributed by atoms with Crippen LogP contribution in [0.15, 0.2) is 34.9 Å². The van der Waals surface area contributed by atoms with Crippen LogP contribution in [0, 0.1) is 11.3 Å². The summed E-state index contributed by atoms with van der Waals surface area (Å²) in [6.07, 6.45) is 1.34. The molecule has 2 rings (SSSR count). The van der Waals surface area contributed by atoms with Gasteiger partial charge in [-0.05, 0) is 12.1 Å². The number of hydrogen-bond donors (Lipinski definition) is 0. The van der Waals surface area contributed by atoms with Gasteiger partial charge in [0.1, 0.15) is 6.07 Å². The number of nitriles is 1. The predicted octanol–water partition coefficient (Wildman–Crippen LogP) is 2.17. The minimum absolute atomic E-state index is 0.267. The quantitative estimate of drug-likeness (QED) is 0.789. The van der Waals surface area contributed by atoms with Gasteiger partial charge in [-0.1, -0.05) is 28.1 Å². The van der Waals surface area contributed by atoms with Crippen molar-refractivity contribution < 1.29 is 0 Å². The standard InChI is InChI=1S/C10H5BrN4/c11-8-3-1-7(2-4-8)10-14-9(5-12)6-13-15-10/h1-4,6H. The van der Waals surface area contributed by atoms with Crippen LogP contribution >= 0.6 is 15.9 Å². The SMILES string of the molecule is N#Cc1cnnc(-c2ccc(Br)cc2)n1. The fraction of sp³-hybridized carbons (Fsp3) is 0. The second kappa shape index (κ2) is 4.15. The molecule has 0 aliphatic rings. The second-order valence-corrected chi connectivity index (χ2v) is 3.70. The Kier molecular flexibility index (Phi) is 2.70. The fourth-order valence-corrected chi connectivity index (χ4v) is 1.34. The van der Waals surface area contributed by atoms with Gasteiger partial charge in [-0.25, -0.2) is 4.98 Å². The summed E-state index contributed by atoms with van der Waals surface area (Å²) in [7, 11) is 0. The Morgan fingerprint density at radius 2 is 1.93 bits per heavy atom. The molecule has 1 heterocycles. The summed E-state index contributed by atoms with van der Waals surface area (Å²) < 4.78 is 0.982. The van der Waals surface area contributed by atoms with E-state index in [4.69, 9.17) is 5.26 Å². The van der Waals surface area contributed by atoms with E-state index in [1.165, 1.54) is 6.20 Å². The van der Waals surface area contributed by atoms with Crippen LogP contribution < -0.4 is 0 Å². The van der Waals surface area contributed by atoms with Crippen LogP contribution in [-0.2, 0) is 0 Å². The molecule has 0 saturated heterocycles. The molecule has 72 valence electrons. The van der Waals surface area contributed by atoms with Crippen LogP contribution in [-0.4, -0.2) is 15.2 Å². The van der Waals surface area contributed by atoms with Crippen molar-refractivity contribution in [1.82, 2.24) is 15.2 Å². The van der Waals surface area contributed by atoms with Crippen LogP contribution in [0.2, 0.25) is 0 Å². The Balaban J connectivity index is 2.46. The van der Waals surface area contributed by atoms with Gasteiger partial charge in [0, 0.05) is 10.0 Å². The lowest BCUT2D eigenvalue weighted by atomic mass is 10.2. The average Bonchev–Trinajstić information content (AvgIpc) is 2.30. The van der Waals surface area contributed by atoms with Gasteiger partial charge in [0.25, 0.3) is 0 Å². The molecular formula is C10H5BrN4. The third-order valence-electron chi connectivity index (χ3n) is 1.78. The topological polar surface area (TPSA) is 62.5 Å². The second-order valence-electron chi connectivity index (χ2n) is 2.78. The highest BCUT2D eigenvalue weighted by atomic mass is 79.9. The molecule has 0 aliphatic heterocycles. The number of hydrogen-bond acceptors (Lipinski definition) is 4. The van der Waals surface area contributed by atoms with Gasteiger partial charge in [-0.3, -0.25) is 0 Å². The van der Waals surface area contributed by atoms with Crippen molar-refractivity contribution in [2.45, 2.75) is 0 Å². The van der Waals surface area contributed by atoms with E-state index in [0.29, 0.717) is 5.82 Å². The lowest BCUT2D eigenvalue weighted by molar-refractivity contribution is 0.967. The molecule has 0 bridgehead atoms. The highest BCUT2D eigenvalue weighted by molar-refractivity contribution is 9.10. The summed E-state index contributed by atoms with van der Waals surface area (Å²) in [4.78, 5) is 4.04. The van der Waals surface area contributed by atoms with Gasteiger partial charge in [-0.15, -0.1) is 5.10 Å². The van der Waals surface area contributed by atoms with Gasteiger partial charge >= 0.3 is 0 Å². The highest BCUT2D eigenvalue weighted by Crippen LogP contribution is 2.17. The summed E-state index contributed by atoms with van der Waals surface area (Å²) in [5.74, 6) is 0.460. The first-order chi connectivity index (χ1) is 7.29. The highest BCUT2D eigenvalue weighted by Gasteiger charge is 2.02. The fourth-order valence-electron chi connectivity index (χ4n) is 1.08. The van der Waals surface area contributed by atoms with Crippen molar-refractivity contribution in [3.63, 3.8) is 0 Å². The molecule has 0 unspecified atom stereocenters. The van der Waals surface area contributed by atoms with Gasteiger partial charge in [0.05, 0.1) is 6.20 Å². The molecule has 2 aromatic rings. The third kappa shape index (κ3) is 2.17. The number of aromatic nitrogens is 3. The van der Waals surface area contributed by atoms with E-state index in [1.807, 2.05) is 30.3 Å².